The third-order valence-corrected chi connectivity index (χ3v) is 5.39. The summed E-state index contributed by atoms with van der Waals surface area (Å²) in [7, 11) is 0. The summed E-state index contributed by atoms with van der Waals surface area (Å²) in [4.78, 5) is 68.6. The van der Waals surface area contributed by atoms with Crippen molar-refractivity contribution in [1.29, 1.82) is 0 Å². The summed E-state index contributed by atoms with van der Waals surface area (Å²) in [6.45, 7) is 3.75. The Labute approximate surface area is 226 Å². The number of nitrogens with two attached hydrogens (primary N) is 5. The first-order valence-corrected chi connectivity index (χ1v) is 12.4. The first kappa shape index (κ1) is 34.9. The third-order valence-electron chi connectivity index (χ3n) is 5.39. The van der Waals surface area contributed by atoms with E-state index in [0.29, 0.717) is 6.42 Å². The Morgan fingerprint density at radius 1 is 0.718 bits per heavy atom. The monoisotopic (exact) mass is 558 g/mol. The van der Waals surface area contributed by atoms with Gasteiger partial charge in [0.05, 0.1) is 6.04 Å². The number of carboxylic acid groups (broad SMARTS) is 2. The Bertz CT molecular complexity index is 902. The number of carbonyl (C=O) groups is 5. The van der Waals surface area contributed by atoms with Crippen LogP contribution in [0, 0.1) is 5.92 Å². The molecule has 17 nitrogen and oxygen atoms in total. The van der Waals surface area contributed by atoms with Crippen molar-refractivity contribution in [2.24, 2.45) is 44.6 Å². The summed E-state index contributed by atoms with van der Waals surface area (Å²) in [6, 6.07) is -4.75. The van der Waals surface area contributed by atoms with E-state index in [4.69, 9.17) is 33.8 Å². The normalized spacial score (nSPS) is 13.7. The molecule has 17 heteroatoms. The zero-order valence-corrected chi connectivity index (χ0v) is 22.3. The van der Waals surface area contributed by atoms with Crippen LogP contribution >= 0.6 is 0 Å². The van der Waals surface area contributed by atoms with Crippen molar-refractivity contribution in [2.75, 3.05) is 13.1 Å². The van der Waals surface area contributed by atoms with E-state index in [1.54, 1.807) is 13.8 Å². The Balaban J connectivity index is 5.51. The second kappa shape index (κ2) is 18.2. The minimum atomic E-state index is -1.50. The van der Waals surface area contributed by atoms with Gasteiger partial charge in [0, 0.05) is 19.5 Å². The van der Waals surface area contributed by atoms with Gasteiger partial charge in [-0.3, -0.25) is 29.2 Å². The van der Waals surface area contributed by atoms with Crippen molar-refractivity contribution in [3.8, 4) is 0 Å². The SMILES string of the molecule is CC(C)C(NC(=O)C(N)CCCN=C(N)N)C(=O)NC(CCCN=C(N)N)C(=O)NC(CCC(=O)O)C(=O)O. The molecule has 15 N–H and O–H groups in total. The quantitative estimate of drug-likeness (QED) is 0.0419. The van der Waals surface area contributed by atoms with Crippen molar-refractivity contribution in [1.82, 2.24) is 16.0 Å². The fourth-order valence-corrected chi connectivity index (χ4v) is 3.28. The average Bonchev–Trinajstić information content (AvgIpc) is 2.83. The number of aliphatic imine (C=N–C) groups is 2. The first-order valence-electron chi connectivity index (χ1n) is 12.4. The fourth-order valence-electron chi connectivity index (χ4n) is 3.28. The first-order chi connectivity index (χ1) is 18.1. The molecular formula is C22H42N10O7. The molecule has 0 aromatic rings. The molecule has 0 aliphatic rings. The van der Waals surface area contributed by atoms with Crippen LogP contribution in [0.2, 0.25) is 0 Å². The van der Waals surface area contributed by atoms with E-state index in [-0.39, 0.29) is 50.7 Å². The van der Waals surface area contributed by atoms with E-state index >= 15 is 0 Å². The lowest BCUT2D eigenvalue weighted by Crippen LogP contribution is -2.58. The summed E-state index contributed by atoms with van der Waals surface area (Å²) in [5, 5.41) is 25.6. The summed E-state index contributed by atoms with van der Waals surface area (Å²) in [5.74, 6) is -5.48. The average molecular weight is 559 g/mol. The number of hydrogen-bond donors (Lipinski definition) is 10. The molecule has 0 radical (unpaired) electrons. The van der Waals surface area contributed by atoms with Gasteiger partial charge >= 0.3 is 11.9 Å². The topological polar surface area (TPSA) is 317 Å². The molecule has 222 valence electrons. The minimum absolute atomic E-state index is 0.0166. The van der Waals surface area contributed by atoms with Gasteiger partial charge in [0.15, 0.2) is 11.9 Å². The number of amides is 3. The van der Waals surface area contributed by atoms with Crippen LogP contribution in [0.1, 0.15) is 52.4 Å². The highest BCUT2D eigenvalue weighted by molar-refractivity contribution is 5.94. The lowest BCUT2D eigenvalue weighted by atomic mass is 10.0. The number of nitrogens with one attached hydrogen (secondary N) is 3. The van der Waals surface area contributed by atoms with Crippen LogP contribution in [-0.4, -0.2) is 89.0 Å². The Morgan fingerprint density at radius 2 is 1.23 bits per heavy atom. The molecule has 0 aliphatic heterocycles. The Hall–Kier alpha value is -4.15. The number of hydrogen-bond acceptors (Lipinski definition) is 8. The van der Waals surface area contributed by atoms with Crippen LogP contribution in [0.15, 0.2) is 9.98 Å². The Kier molecular flexibility index (Phi) is 16.2. The van der Waals surface area contributed by atoms with Gasteiger partial charge in [0.25, 0.3) is 0 Å². The van der Waals surface area contributed by atoms with Crippen molar-refractivity contribution < 1.29 is 34.2 Å². The van der Waals surface area contributed by atoms with Crippen LogP contribution in [-0.2, 0) is 24.0 Å². The second-order valence-corrected chi connectivity index (χ2v) is 9.13. The predicted molar refractivity (Wildman–Crippen MR) is 143 cm³/mol. The number of guanidine groups is 2. The molecule has 0 saturated carbocycles. The zero-order chi connectivity index (χ0) is 30.1. The fraction of sp³-hybridized carbons (Fsp3) is 0.682. The lowest BCUT2D eigenvalue weighted by Gasteiger charge is -2.27. The molecule has 0 aromatic heterocycles. The number of aliphatic carboxylic acids is 2. The van der Waals surface area contributed by atoms with Crippen LogP contribution in [0.3, 0.4) is 0 Å². The third kappa shape index (κ3) is 15.6. The van der Waals surface area contributed by atoms with E-state index in [1.165, 1.54) is 0 Å². The van der Waals surface area contributed by atoms with E-state index < -0.39 is 66.2 Å². The lowest BCUT2D eigenvalue weighted by molar-refractivity contribution is -0.143. The second-order valence-electron chi connectivity index (χ2n) is 9.13. The summed E-state index contributed by atoms with van der Waals surface area (Å²) in [5.41, 5.74) is 27.0. The molecule has 0 bridgehead atoms. The Morgan fingerprint density at radius 3 is 1.69 bits per heavy atom. The molecule has 39 heavy (non-hydrogen) atoms. The van der Waals surface area contributed by atoms with Crippen molar-refractivity contribution >= 4 is 41.6 Å². The van der Waals surface area contributed by atoms with Gasteiger partial charge in [-0.1, -0.05) is 13.8 Å². The van der Waals surface area contributed by atoms with Gasteiger partial charge in [0.1, 0.15) is 18.1 Å². The molecule has 0 spiro atoms. The van der Waals surface area contributed by atoms with E-state index in [9.17, 15) is 29.1 Å². The van der Waals surface area contributed by atoms with Crippen LogP contribution < -0.4 is 44.6 Å². The van der Waals surface area contributed by atoms with Gasteiger partial charge in [-0.25, -0.2) is 4.79 Å². The molecule has 0 saturated heterocycles. The van der Waals surface area contributed by atoms with Gasteiger partial charge in [-0.2, -0.15) is 0 Å². The van der Waals surface area contributed by atoms with Crippen molar-refractivity contribution in [3.05, 3.63) is 0 Å². The number of nitrogens with zero attached hydrogens (tertiary/aromatic N) is 2. The highest BCUT2D eigenvalue weighted by Gasteiger charge is 2.31. The maximum Gasteiger partial charge on any atom is 0.326 e. The summed E-state index contributed by atoms with van der Waals surface area (Å²) in [6.07, 6.45) is 0.0714. The van der Waals surface area contributed by atoms with Gasteiger partial charge in [-0.05, 0) is 38.0 Å². The minimum Gasteiger partial charge on any atom is -0.481 e. The molecule has 0 fully saturated rings. The van der Waals surface area contributed by atoms with E-state index in [0.717, 1.165) is 0 Å². The largest absolute Gasteiger partial charge is 0.481 e. The molecule has 4 unspecified atom stereocenters. The molecule has 0 heterocycles. The van der Waals surface area contributed by atoms with Gasteiger partial charge in [-0.15, -0.1) is 0 Å². The van der Waals surface area contributed by atoms with E-state index in [2.05, 4.69) is 25.9 Å². The smallest absolute Gasteiger partial charge is 0.326 e. The highest BCUT2D eigenvalue weighted by Crippen LogP contribution is 2.08. The summed E-state index contributed by atoms with van der Waals surface area (Å²) < 4.78 is 0. The molecule has 4 atom stereocenters. The van der Waals surface area contributed by atoms with Crippen LogP contribution in [0.5, 0.6) is 0 Å². The molecule has 0 rings (SSSR count). The number of carboxylic acids is 2. The van der Waals surface area contributed by atoms with Crippen LogP contribution in [0.4, 0.5) is 0 Å². The van der Waals surface area contributed by atoms with Gasteiger partial charge in [0.2, 0.25) is 17.7 Å². The van der Waals surface area contributed by atoms with Crippen molar-refractivity contribution in [3.63, 3.8) is 0 Å². The predicted octanol–water partition coefficient (Wildman–Crippen LogP) is -3.52. The molecule has 0 aromatic carbocycles. The maximum absolute atomic E-state index is 13.1. The van der Waals surface area contributed by atoms with Gasteiger partial charge < -0.3 is 54.8 Å². The standard InChI is InChI=1S/C22H42N10O7/c1-11(2)16(32-17(35)12(23)5-3-9-28-21(24)25)19(37)30-13(6-4-10-29-22(26)27)18(36)31-14(20(38)39)7-8-15(33)34/h11-14,16H,3-10,23H2,1-2H3,(H,30,37)(H,31,36)(H,32,35)(H,33,34)(H,38,39)(H4,24,25,28)(H4,26,27,29). The zero-order valence-electron chi connectivity index (χ0n) is 22.3. The molecule has 0 aliphatic carbocycles. The molecular weight excluding hydrogens is 516 g/mol. The number of carbonyl (C=O) groups excluding carboxylic acids is 3. The van der Waals surface area contributed by atoms with E-state index in [1.807, 2.05) is 0 Å². The van der Waals surface area contributed by atoms with Crippen LogP contribution in [0.25, 0.3) is 0 Å². The summed E-state index contributed by atoms with van der Waals surface area (Å²) >= 11 is 0. The molecule has 3 amide bonds. The highest BCUT2D eigenvalue weighted by atomic mass is 16.4. The maximum atomic E-state index is 13.1. The van der Waals surface area contributed by atoms with Crippen molar-refractivity contribution in [2.45, 2.75) is 76.5 Å². The number of rotatable bonds is 19.